The second-order valence-electron chi connectivity index (χ2n) is 10.1. The number of piperazine rings is 1. The molecule has 0 N–H and O–H groups in total. The van der Waals surface area contributed by atoms with Crippen LogP contribution in [0.25, 0.3) is 6.08 Å². The summed E-state index contributed by atoms with van der Waals surface area (Å²) in [6.45, 7) is 6.90. The smallest absolute Gasteiger partial charge is 0.263 e. The van der Waals surface area contributed by atoms with Crippen molar-refractivity contribution in [3.63, 3.8) is 0 Å². The molecule has 38 heavy (non-hydrogen) atoms. The first-order valence-electron chi connectivity index (χ1n) is 13.1. The van der Waals surface area contributed by atoms with Gasteiger partial charge in [0.2, 0.25) is 0 Å². The first-order chi connectivity index (χ1) is 18.6. The zero-order valence-corrected chi connectivity index (χ0v) is 21.5. The van der Waals surface area contributed by atoms with Crippen molar-refractivity contribution in [1.82, 2.24) is 9.80 Å². The van der Waals surface area contributed by atoms with E-state index in [4.69, 9.17) is 9.47 Å². The lowest BCUT2D eigenvalue weighted by molar-refractivity contribution is 0.0430. The Morgan fingerprint density at radius 2 is 1.61 bits per heavy atom. The number of ether oxygens (including phenoxy) is 2. The van der Waals surface area contributed by atoms with Gasteiger partial charge in [0, 0.05) is 32.7 Å². The highest BCUT2D eigenvalue weighted by Crippen LogP contribution is 2.35. The third-order valence-corrected chi connectivity index (χ3v) is 7.33. The summed E-state index contributed by atoms with van der Waals surface area (Å²) < 4.78 is 11.8. The lowest BCUT2D eigenvalue weighted by Crippen LogP contribution is -2.47. The Morgan fingerprint density at radius 3 is 2.39 bits per heavy atom. The van der Waals surface area contributed by atoms with Crippen LogP contribution in [0.3, 0.4) is 0 Å². The number of imide groups is 1. The van der Waals surface area contributed by atoms with Gasteiger partial charge in [-0.2, -0.15) is 0 Å². The molecule has 0 saturated carbocycles. The second-order valence-corrected chi connectivity index (χ2v) is 10.1. The number of anilines is 1. The van der Waals surface area contributed by atoms with Crippen LogP contribution in [0.1, 0.15) is 33.2 Å². The minimum atomic E-state index is -0.411. The molecule has 0 aliphatic carbocycles. The number of para-hydroxylation sites is 2. The van der Waals surface area contributed by atoms with E-state index in [2.05, 4.69) is 47.1 Å². The maximum absolute atomic E-state index is 13.5. The van der Waals surface area contributed by atoms with Crippen LogP contribution < -0.4 is 14.4 Å². The van der Waals surface area contributed by atoms with Crippen molar-refractivity contribution in [1.29, 1.82) is 0 Å². The van der Waals surface area contributed by atoms with Crippen molar-refractivity contribution in [2.45, 2.75) is 13.0 Å². The van der Waals surface area contributed by atoms with Crippen LogP contribution >= 0.6 is 0 Å². The lowest BCUT2D eigenvalue weighted by atomic mass is 10.1. The van der Waals surface area contributed by atoms with Crippen LogP contribution in [0.2, 0.25) is 0 Å². The van der Waals surface area contributed by atoms with Crippen molar-refractivity contribution < 1.29 is 19.1 Å². The molecule has 3 aliphatic heterocycles. The first-order valence-corrected chi connectivity index (χ1v) is 13.1. The second kappa shape index (κ2) is 10.3. The zero-order valence-electron chi connectivity index (χ0n) is 21.5. The van der Waals surface area contributed by atoms with E-state index in [1.54, 1.807) is 6.07 Å². The molecular formula is C31H31N3O4. The lowest BCUT2D eigenvalue weighted by Gasteiger charge is -2.37. The molecule has 0 radical (unpaired) electrons. The van der Waals surface area contributed by atoms with Gasteiger partial charge in [-0.05, 0) is 36.8 Å². The zero-order chi connectivity index (χ0) is 26.1. The fourth-order valence-electron chi connectivity index (χ4n) is 5.48. The van der Waals surface area contributed by atoms with Crippen molar-refractivity contribution >= 4 is 23.6 Å². The van der Waals surface area contributed by atoms with E-state index in [1.165, 1.54) is 16.0 Å². The summed E-state index contributed by atoms with van der Waals surface area (Å²) in [5.74, 6) is 0.785. The number of hydrogen-bond acceptors (Lipinski definition) is 6. The molecule has 7 heteroatoms. The number of rotatable bonds is 6. The fraction of sp³-hybridized carbons (Fsp3) is 0.290. The molecule has 0 bridgehead atoms. The number of hydrogen-bond donors (Lipinski definition) is 0. The highest BCUT2D eigenvalue weighted by Gasteiger charge is 2.40. The van der Waals surface area contributed by atoms with Gasteiger partial charge < -0.3 is 14.4 Å². The largest absolute Gasteiger partial charge is 0.486 e. The van der Waals surface area contributed by atoms with Gasteiger partial charge >= 0.3 is 0 Å². The normalized spacial score (nSPS) is 19.6. The molecule has 0 aromatic heterocycles. The van der Waals surface area contributed by atoms with Gasteiger partial charge in [0.1, 0.15) is 6.61 Å². The monoisotopic (exact) mass is 509 g/mol. The molecule has 7 nitrogen and oxygen atoms in total. The van der Waals surface area contributed by atoms with Crippen LogP contribution in [-0.2, 0) is 0 Å². The Balaban J connectivity index is 1.11. The SMILES string of the molecule is C/C(=C\c1ccccc1)CN1CCN(c2cccc3c2C(=O)N(CC2COc4ccccc4O2)C3=O)CC1. The fourth-order valence-corrected chi connectivity index (χ4v) is 5.48. The quantitative estimate of drug-likeness (QED) is 0.461. The molecule has 3 aromatic rings. The summed E-state index contributed by atoms with van der Waals surface area (Å²) in [5, 5.41) is 0. The summed E-state index contributed by atoms with van der Waals surface area (Å²) in [5.41, 5.74) is 4.34. The predicted octanol–water partition coefficient (Wildman–Crippen LogP) is 4.35. The Bertz CT molecular complexity index is 1380. The minimum Gasteiger partial charge on any atom is -0.486 e. The molecular weight excluding hydrogens is 478 g/mol. The molecule has 1 fully saturated rings. The van der Waals surface area contributed by atoms with Crippen LogP contribution in [0.5, 0.6) is 11.5 Å². The average molecular weight is 510 g/mol. The Hall–Kier alpha value is -4.10. The maximum Gasteiger partial charge on any atom is 0.263 e. The number of benzene rings is 3. The van der Waals surface area contributed by atoms with Gasteiger partial charge in [-0.3, -0.25) is 19.4 Å². The van der Waals surface area contributed by atoms with Crippen LogP contribution in [0.4, 0.5) is 5.69 Å². The molecule has 1 saturated heterocycles. The highest BCUT2D eigenvalue weighted by atomic mass is 16.6. The predicted molar refractivity (Wildman–Crippen MR) is 147 cm³/mol. The topological polar surface area (TPSA) is 62.3 Å². The Kier molecular flexibility index (Phi) is 6.60. The number of carbonyl (C=O) groups is 2. The van der Waals surface area contributed by atoms with Gasteiger partial charge in [0.25, 0.3) is 11.8 Å². The van der Waals surface area contributed by atoms with E-state index in [0.29, 0.717) is 22.6 Å². The molecule has 1 atom stereocenters. The van der Waals surface area contributed by atoms with Gasteiger partial charge in [0.15, 0.2) is 17.6 Å². The minimum absolute atomic E-state index is 0.154. The summed E-state index contributed by atoms with van der Waals surface area (Å²) in [7, 11) is 0. The van der Waals surface area contributed by atoms with E-state index in [1.807, 2.05) is 42.5 Å². The number of amides is 2. The molecule has 3 aromatic carbocycles. The molecule has 194 valence electrons. The molecule has 6 rings (SSSR count). The summed E-state index contributed by atoms with van der Waals surface area (Å²) in [6, 6.07) is 23.4. The molecule has 1 unspecified atom stereocenters. The standard InChI is InChI=1S/C31H31N3O4/c1-22(18-23-8-3-2-4-9-23)19-32-14-16-33(17-15-32)26-11-7-10-25-29(26)31(36)34(30(25)35)20-24-21-37-27-12-5-6-13-28(27)38-24/h2-13,18,24H,14-17,19-21H2,1H3/b22-18+. The first kappa shape index (κ1) is 24.2. The van der Waals surface area contributed by atoms with Crippen molar-refractivity contribution in [2.24, 2.45) is 0 Å². The highest BCUT2D eigenvalue weighted by molar-refractivity contribution is 6.23. The summed E-state index contributed by atoms with van der Waals surface area (Å²) in [6.07, 6.45) is 1.82. The van der Waals surface area contributed by atoms with Crippen LogP contribution in [0, 0.1) is 0 Å². The van der Waals surface area contributed by atoms with Crippen molar-refractivity contribution in [3.05, 3.63) is 95.1 Å². The van der Waals surface area contributed by atoms with E-state index in [0.717, 1.165) is 38.4 Å². The summed E-state index contributed by atoms with van der Waals surface area (Å²) >= 11 is 0. The van der Waals surface area contributed by atoms with Gasteiger partial charge in [-0.1, -0.05) is 60.2 Å². The van der Waals surface area contributed by atoms with Crippen molar-refractivity contribution in [3.8, 4) is 11.5 Å². The molecule has 0 spiro atoms. The van der Waals surface area contributed by atoms with Gasteiger partial charge in [-0.25, -0.2) is 0 Å². The van der Waals surface area contributed by atoms with E-state index in [-0.39, 0.29) is 25.0 Å². The van der Waals surface area contributed by atoms with E-state index >= 15 is 0 Å². The third kappa shape index (κ3) is 4.77. The Labute approximate surface area is 222 Å². The van der Waals surface area contributed by atoms with Gasteiger partial charge in [0.05, 0.1) is 23.4 Å². The van der Waals surface area contributed by atoms with Gasteiger partial charge in [-0.15, -0.1) is 0 Å². The maximum atomic E-state index is 13.5. The Morgan fingerprint density at radius 1 is 0.868 bits per heavy atom. The third-order valence-electron chi connectivity index (χ3n) is 7.33. The number of fused-ring (bicyclic) bond motifs is 2. The summed E-state index contributed by atoms with van der Waals surface area (Å²) in [4.78, 5) is 32.8. The number of nitrogens with zero attached hydrogens (tertiary/aromatic N) is 3. The average Bonchev–Trinajstić information content (AvgIpc) is 3.19. The molecule has 3 heterocycles. The number of carbonyl (C=O) groups excluding carboxylic acids is 2. The molecule has 3 aliphatic rings. The van der Waals surface area contributed by atoms with E-state index < -0.39 is 6.10 Å². The van der Waals surface area contributed by atoms with Crippen molar-refractivity contribution in [2.75, 3.05) is 50.8 Å². The molecule has 2 amide bonds. The van der Waals surface area contributed by atoms with E-state index in [9.17, 15) is 9.59 Å². The van der Waals surface area contributed by atoms with Crippen LogP contribution in [-0.4, -0.2) is 73.6 Å². The van der Waals surface area contributed by atoms with Crippen LogP contribution in [0.15, 0.2) is 78.4 Å².